The summed E-state index contributed by atoms with van der Waals surface area (Å²) >= 11 is 0. The Balaban J connectivity index is 0.000000177. The standard InChI is InChI=1S/C21H23FN4O2.C12H15FN4O3/c1-4-21(3)13(2)17(22)18(28-21)15-10-11-16-19(23-12-24-26(15)16)25-20(27)14-8-6-5-7-9-14;1-12(4-18)10(19)8(13)9(20-12)6-2-3-7-11(14)15-5-16-17(6)7/h5-13,17-18H,4H2,1-3H3,(H,23,24,25,27);2-3,5,8-10,18-19H,4H2,1H3,(H2,14,15,16)/t13-,17+,18-,21+;8-,9-,10-,12+/m00/s1. The van der Waals surface area contributed by atoms with E-state index in [0.717, 1.165) is 6.42 Å². The molecule has 15 heteroatoms. The first-order valence-electron chi connectivity index (χ1n) is 15.6. The average molecular weight is 665 g/mol. The van der Waals surface area contributed by atoms with Crippen molar-refractivity contribution in [1.82, 2.24) is 29.2 Å². The number of nitrogens with zero attached hydrogens (tertiary/aromatic N) is 6. The second-order valence-corrected chi connectivity index (χ2v) is 12.5. The van der Waals surface area contributed by atoms with Crippen LogP contribution < -0.4 is 11.1 Å². The average Bonchev–Trinajstić information content (AvgIpc) is 3.84. The highest BCUT2D eigenvalue weighted by Crippen LogP contribution is 2.47. The maximum Gasteiger partial charge on any atom is 0.256 e. The van der Waals surface area contributed by atoms with Crippen LogP contribution in [0.15, 0.2) is 67.3 Å². The molecule has 6 heterocycles. The quantitative estimate of drug-likeness (QED) is 0.208. The van der Waals surface area contributed by atoms with Crippen molar-refractivity contribution in [3.63, 3.8) is 0 Å². The molecule has 1 amide bonds. The molecule has 2 saturated heterocycles. The van der Waals surface area contributed by atoms with Gasteiger partial charge >= 0.3 is 0 Å². The summed E-state index contributed by atoms with van der Waals surface area (Å²) < 4.78 is 44.0. The first kappa shape index (κ1) is 33.3. The zero-order valence-corrected chi connectivity index (χ0v) is 26.9. The SMILES string of the molecule is CC[C@@]1(C)O[C@@H](c2ccc3c(NC(=O)c4ccccc4)ncnn23)[C@H](F)[C@@H]1C.C[C@]1(CO)O[C@@H](c2ccc3c(N)ncnn23)[C@H](F)[C@@H]1O. The van der Waals surface area contributed by atoms with Gasteiger partial charge in [-0.05, 0) is 56.7 Å². The first-order valence-corrected chi connectivity index (χ1v) is 15.6. The molecule has 13 nitrogen and oxygen atoms in total. The van der Waals surface area contributed by atoms with Crippen LogP contribution in [0.2, 0.25) is 0 Å². The highest BCUT2D eigenvalue weighted by atomic mass is 19.1. The van der Waals surface area contributed by atoms with Gasteiger partial charge in [-0.1, -0.05) is 32.0 Å². The van der Waals surface area contributed by atoms with Crippen LogP contribution >= 0.6 is 0 Å². The molecule has 5 aromatic rings. The fourth-order valence-electron chi connectivity index (χ4n) is 6.20. The van der Waals surface area contributed by atoms with Crippen molar-refractivity contribution in [1.29, 1.82) is 0 Å². The van der Waals surface area contributed by atoms with Gasteiger partial charge in [0.25, 0.3) is 5.91 Å². The van der Waals surface area contributed by atoms with E-state index in [2.05, 4.69) is 25.5 Å². The van der Waals surface area contributed by atoms with Crippen molar-refractivity contribution < 1.29 is 33.3 Å². The predicted octanol–water partition coefficient (Wildman–Crippen LogP) is 4.03. The van der Waals surface area contributed by atoms with Crippen LogP contribution in [0.4, 0.5) is 20.4 Å². The third kappa shape index (κ3) is 5.66. The number of carbonyl (C=O) groups excluding carboxylic acids is 1. The number of rotatable bonds is 6. The van der Waals surface area contributed by atoms with Crippen LogP contribution in [-0.4, -0.2) is 81.6 Å². The summed E-state index contributed by atoms with van der Waals surface area (Å²) in [7, 11) is 0. The molecule has 0 aliphatic carbocycles. The van der Waals surface area contributed by atoms with Crippen LogP contribution in [0.1, 0.15) is 68.1 Å². The topological polar surface area (TPSA) is 174 Å². The number of aromatic nitrogens is 6. The first-order chi connectivity index (χ1) is 22.9. The Morgan fingerprint density at radius 1 is 0.917 bits per heavy atom. The third-order valence-corrected chi connectivity index (χ3v) is 9.60. The highest BCUT2D eigenvalue weighted by molar-refractivity contribution is 6.05. The molecule has 5 N–H and O–H groups in total. The van der Waals surface area contributed by atoms with Gasteiger partial charge in [0.05, 0.1) is 23.6 Å². The molecule has 0 bridgehead atoms. The van der Waals surface area contributed by atoms with Gasteiger partial charge in [-0.15, -0.1) is 0 Å². The Bertz CT molecular complexity index is 1920. The van der Waals surface area contributed by atoms with E-state index in [1.165, 1.54) is 24.1 Å². The Morgan fingerprint density at radius 3 is 2.10 bits per heavy atom. The number of nitrogen functional groups attached to an aromatic ring is 1. The zero-order chi connectivity index (χ0) is 34.4. The molecule has 48 heavy (non-hydrogen) atoms. The summed E-state index contributed by atoms with van der Waals surface area (Å²) in [5, 5.41) is 30.3. The van der Waals surface area contributed by atoms with E-state index in [1.54, 1.807) is 53.0 Å². The number of ether oxygens (including phenoxy) is 2. The summed E-state index contributed by atoms with van der Waals surface area (Å²) in [6, 6.07) is 15.7. The summed E-state index contributed by atoms with van der Waals surface area (Å²) in [5.74, 6) is 0.142. The van der Waals surface area contributed by atoms with E-state index in [9.17, 15) is 19.4 Å². The van der Waals surface area contributed by atoms with Crippen LogP contribution in [0, 0.1) is 5.92 Å². The number of carbonyl (C=O) groups is 1. The van der Waals surface area contributed by atoms with E-state index in [4.69, 9.17) is 15.2 Å². The number of alkyl halides is 2. The molecule has 8 atom stereocenters. The minimum Gasteiger partial charge on any atom is -0.393 e. The predicted molar refractivity (Wildman–Crippen MR) is 172 cm³/mol. The Kier molecular flexibility index (Phi) is 8.89. The van der Waals surface area contributed by atoms with Gasteiger partial charge < -0.3 is 30.7 Å². The zero-order valence-electron chi connectivity index (χ0n) is 26.9. The highest BCUT2D eigenvalue weighted by Gasteiger charge is 2.53. The number of nitrogens with two attached hydrogens (primary N) is 1. The van der Waals surface area contributed by atoms with Crippen molar-refractivity contribution in [2.75, 3.05) is 17.7 Å². The lowest BCUT2D eigenvalue weighted by Gasteiger charge is -2.26. The van der Waals surface area contributed by atoms with Gasteiger partial charge in [0.15, 0.2) is 17.8 Å². The molecule has 2 aliphatic heterocycles. The smallest absolute Gasteiger partial charge is 0.256 e. The van der Waals surface area contributed by atoms with E-state index in [1.807, 2.05) is 26.8 Å². The van der Waals surface area contributed by atoms with Crippen LogP contribution in [0.3, 0.4) is 0 Å². The van der Waals surface area contributed by atoms with Crippen LogP contribution in [0.25, 0.3) is 11.0 Å². The lowest BCUT2D eigenvalue weighted by Crippen LogP contribution is -2.42. The number of hydrogen-bond acceptors (Lipinski definition) is 10. The fourth-order valence-corrected chi connectivity index (χ4v) is 6.20. The number of aliphatic hydroxyl groups is 2. The molecule has 1 aromatic carbocycles. The summed E-state index contributed by atoms with van der Waals surface area (Å²) in [6.45, 7) is 6.81. The molecule has 0 radical (unpaired) electrons. The second kappa shape index (κ2) is 12.8. The number of amides is 1. The fraction of sp³-hybridized carbons (Fsp3) is 0.424. The van der Waals surface area contributed by atoms with Gasteiger partial charge in [-0.25, -0.2) is 27.8 Å². The number of aliphatic hydroxyl groups excluding tert-OH is 2. The van der Waals surface area contributed by atoms with Gasteiger partial charge in [-0.2, -0.15) is 10.2 Å². The van der Waals surface area contributed by atoms with E-state index >= 15 is 4.39 Å². The molecule has 2 fully saturated rings. The Hall–Kier alpha value is -4.57. The van der Waals surface area contributed by atoms with E-state index in [-0.39, 0.29) is 17.6 Å². The van der Waals surface area contributed by atoms with Crippen molar-refractivity contribution in [2.45, 2.75) is 76.0 Å². The van der Waals surface area contributed by atoms with Gasteiger partial charge in [0, 0.05) is 11.5 Å². The number of nitrogens with one attached hydrogen (secondary N) is 1. The third-order valence-electron chi connectivity index (χ3n) is 9.60. The Morgan fingerprint density at radius 2 is 1.50 bits per heavy atom. The molecule has 0 unspecified atom stereocenters. The lowest BCUT2D eigenvalue weighted by atomic mass is 9.86. The number of benzene rings is 1. The molecule has 254 valence electrons. The van der Waals surface area contributed by atoms with Crippen LogP contribution in [0.5, 0.6) is 0 Å². The van der Waals surface area contributed by atoms with Crippen LogP contribution in [-0.2, 0) is 9.47 Å². The molecule has 0 spiro atoms. The number of fused-ring (bicyclic) bond motifs is 2. The second-order valence-electron chi connectivity index (χ2n) is 12.5. The lowest BCUT2D eigenvalue weighted by molar-refractivity contribution is -0.100. The molecule has 4 aromatic heterocycles. The number of anilines is 2. The summed E-state index contributed by atoms with van der Waals surface area (Å²) in [5.41, 5.74) is 6.54. The maximum atomic E-state index is 15.0. The summed E-state index contributed by atoms with van der Waals surface area (Å²) in [6.07, 6.45) is -2.63. The minimum absolute atomic E-state index is 0.229. The molecular weight excluding hydrogens is 626 g/mol. The minimum atomic E-state index is -1.67. The van der Waals surface area contributed by atoms with E-state index < -0.39 is 48.5 Å². The molecule has 2 aliphatic rings. The maximum absolute atomic E-state index is 15.0. The monoisotopic (exact) mass is 664 g/mol. The van der Waals surface area contributed by atoms with Crippen molar-refractivity contribution >= 4 is 28.6 Å². The Labute approximate surface area is 274 Å². The van der Waals surface area contributed by atoms with Crippen molar-refractivity contribution in [2.24, 2.45) is 5.92 Å². The van der Waals surface area contributed by atoms with E-state index in [0.29, 0.717) is 33.8 Å². The van der Waals surface area contributed by atoms with Gasteiger partial charge in [0.2, 0.25) is 0 Å². The normalized spacial score (nSPS) is 30.0. The van der Waals surface area contributed by atoms with Gasteiger partial charge in [-0.3, -0.25) is 4.79 Å². The largest absolute Gasteiger partial charge is 0.393 e. The molecular formula is C33H38F2N8O5. The van der Waals surface area contributed by atoms with Crippen molar-refractivity contribution in [3.05, 3.63) is 84.2 Å². The molecule has 0 saturated carbocycles. The molecule has 7 rings (SSSR count). The number of halogens is 2. The summed E-state index contributed by atoms with van der Waals surface area (Å²) in [4.78, 5) is 20.5. The van der Waals surface area contributed by atoms with Crippen molar-refractivity contribution in [3.8, 4) is 0 Å². The van der Waals surface area contributed by atoms with Gasteiger partial charge in [0.1, 0.15) is 53.8 Å². The number of hydrogen-bond donors (Lipinski definition) is 4.